The topological polar surface area (TPSA) is 63.4 Å². The van der Waals surface area contributed by atoms with Crippen LogP contribution in [0.1, 0.15) is 44.2 Å². The monoisotopic (exact) mass is 372 g/mol. The van der Waals surface area contributed by atoms with Crippen LogP contribution >= 0.6 is 10.7 Å². The van der Waals surface area contributed by atoms with E-state index in [1.165, 1.54) is 11.1 Å². The quantitative estimate of drug-likeness (QED) is 0.677. The Balaban J connectivity index is 2.44. The standard InChI is InChI=1S/C18H29ClN2O2S/c1-3-10-21(11-4-2)17-13-15-7-5-6-8-16(15)18(17,14-20)9-12-24(19,22)23/h5-8,17H,3-4,9-14,20H2,1-2H3/t17-,18+/m1/s1. The molecule has 2 rings (SSSR count). The van der Waals surface area contributed by atoms with Crippen molar-refractivity contribution in [2.45, 2.75) is 51.0 Å². The summed E-state index contributed by atoms with van der Waals surface area (Å²) < 4.78 is 23.2. The lowest BCUT2D eigenvalue weighted by atomic mass is 9.75. The van der Waals surface area contributed by atoms with Gasteiger partial charge in [-0.15, -0.1) is 0 Å². The van der Waals surface area contributed by atoms with Gasteiger partial charge in [0.25, 0.3) is 0 Å². The first kappa shape index (κ1) is 19.7. The van der Waals surface area contributed by atoms with Crippen LogP contribution in [0.5, 0.6) is 0 Å². The van der Waals surface area contributed by atoms with E-state index in [0.717, 1.165) is 32.4 Å². The van der Waals surface area contributed by atoms with Gasteiger partial charge in [-0.05, 0) is 49.9 Å². The molecule has 24 heavy (non-hydrogen) atoms. The average Bonchev–Trinajstić information content (AvgIpc) is 2.87. The van der Waals surface area contributed by atoms with Gasteiger partial charge in [0.2, 0.25) is 9.05 Å². The van der Waals surface area contributed by atoms with Gasteiger partial charge in [0, 0.05) is 28.7 Å². The zero-order chi connectivity index (χ0) is 17.8. The van der Waals surface area contributed by atoms with E-state index in [1.54, 1.807) is 0 Å². The molecule has 1 aromatic carbocycles. The Hall–Kier alpha value is -0.620. The second-order valence-corrected chi connectivity index (χ2v) is 9.66. The predicted molar refractivity (Wildman–Crippen MR) is 101 cm³/mol. The van der Waals surface area contributed by atoms with Crippen molar-refractivity contribution in [3.8, 4) is 0 Å². The number of benzene rings is 1. The summed E-state index contributed by atoms with van der Waals surface area (Å²) in [5.41, 5.74) is 8.42. The molecule has 1 aliphatic rings. The minimum absolute atomic E-state index is 0.0390. The van der Waals surface area contributed by atoms with Gasteiger partial charge in [0.1, 0.15) is 0 Å². The van der Waals surface area contributed by atoms with Crippen LogP contribution in [0, 0.1) is 0 Å². The third-order valence-electron chi connectivity index (χ3n) is 5.22. The fourth-order valence-corrected chi connectivity index (χ4v) is 5.04. The maximum Gasteiger partial charge on any atom is 0.232 e. The lowest BCUT2D eigenvalue weighted by molar-refractivity contribution is 0.128. The fraction of sp³-hybridized carbons (Fsp3) is 0.667. The highest BCUT2D eigenvalue weighted by molar-refractivity contribution is 8.13. The Morgan fingerprint density at radius 3 is 2.42 bits per heavy atom. The van der Waals surface area contributed by atoms with Crippen molar-refractivity contribution in [3.05, 3.63) is 35.4 Å². The van der Waals surface area contributed by atoms with Gasteiger partial charge in [-0.3, -0.25) is 4.90 Å². The molecule has 0 aromatic heterocycles. The van der Waals surface area contributed by atoms with Crippen molar-refractivity contribution in [3.63, 3.8) is 0 Å². The van der Waals surface area contributed by atoms with Gasteiger partial charge >= 0.3 is 0 Å². The Morgan fingerprint density at radius 1 is 1.25 bits per heavy atom. The van der Waals surface area contributed by atoms with E-state index in [2.05, 4.69) is 30.9 Å². The smallest absolute Gasteiger partial charge is 0.232 e. The van der Waals surface area contributed by atoms with Crippen LogP contribution in [-0.4, -0.2) is 44.7 Å². The van der Waals surface area contributed by atoms with E-state index >= 15 is 0 Å². The predicted octanol–water partition coefficient (Wildman–Crippen LogP) is 2.89. The summed E-state index contributed by atoms with van der Waals surface area (Å²) in [6.45, 7) is 6.80. The van der Waals surface area contributed by atoms with Crippen molar-refractivity contribution in [2.75, 3.05) is 25.4 Å². The third kappa shape index (κ3) is 4.13. The molecule has 0 saturated heterocycles. The highest BCUT2D eigenvalue weighted by Crippen LogP contribution is 2.44. The molecule has 0 aliphatic heterocycles. The average molecular weight is 373 g/mol. The van der Waals surface area contributed by atoms with E-state index in [0.29, 0.717) is 13.0 Å². The molecule has 0 radical (unpaired) electrons. The zero-order valence-electron chi connectivity index (χ0n) is 14.7. The summed E-state index contributed by atoms with van der Waals surface area (Å²) in [7, 11) is 1.99. The van der Waals surface area contributed by atoms with Gasteiger partial charge in [-0.25, -0.2) is 8.42 Å². The van der Waals surface area contributed by atoms with Crippen LogP contribution in [0.3, 0.4) is 0 Å². The summed E-state index contributed by atoms with van der Waals surface area (Å²) in [6, 6.07) is 8.55. The number of halogens is 1. The summed E-state index contributed by atoms with van der Waals surface area (Å²) in [5.74, 6) is -0.0390. The summed E-state index contributed by atoms with van der Waals surface area (Å²) in [4.78, 5) is 2.49. The van der Waals surface area contributed by atoms with Crippen molar-refractivity contribution < 1.29 is 8.42 Å². The van der Waals surface area contributed by atoms with Gasteiger partial charge in [0.05, 0.1) is 5.75 Å². The summed E-state index contributed by atoms with van der Waals surface area (Å²) in [6.07, 6.45) is 3.54. The second kappa shape index (κ2) is 8.17. The van der Waals surface area contributed by atoms with Crippen LogP contribution < -0.4 is 5.73 Å². The van der Waals surface area contributed by atoms with Crippen molar-refractivity contribution in [2.24, 2.45) is 5.73 Å². The van der Waals surface area contributed by atoms with Crippen LogP contribution in [0.4, 0.5) is 0 Å². The number of nitrogens with two attached hydrogens (primary N) is 1. The minimum Gasteiger partial charge on any atom is -0.330 e. The Bertz CT molecular complexity index is 644. The molecule has 1 aliphatic carbocycles. The number of nitrogens with zero attached hydrogens (tertiary/aromatic N) is 1. The first-order valence-electron chi connectivity index (χ1n) is 8.82. The van der Waals surface area contributed by atoms with Gasteiger partial charge in [0.15, 0.2) is 0 Å². The molecule has 136 valence electrons. The molecule has 0 bridgehead atoms. The zero-order valence-corrected chi connectivity index (χ0v) is 16.2. The van der Waals surface area contributed by atoms with Crippen LogP contribution in [-0.2, 0) is 20.9 Å². The number of hydrogen-bond acceptors (Lipinski definition) is 4. The normalized spacial score (nSPS) is 23.6. The molecule has 0 saturated carbocycles. The molecule has 6 heteroatoms. The third-order valence-corrected chi connectivity index (χ3v) is 6.38. The van der Waals surface area contributed by atoms with Gasteiger partial charge in [-0.1, -0.05) is 38.1 Å². The molecular weight excluding hydrogens is 344 g/mol. The SMILES string of the molecule is CCCN(CCC)[C@@H]1Cc2ccccc2[C@@]1(CN)CCS(=O)(=O)Cl. The molecule has 0 heterocycles. The summed E-state index contributed by atoms with van der Waals surface area (Å²) in [5, 5.41) is 0. The highest BCUT2D eigenvalue weighted by Gasteiger charge is 2.48. The van der Waals surface area contributed by atoms with E-state index < -0.39 is 9.05 Å². The Kier molecular flexibility index (Phi) is 6.71. The molecular formula is C18H29ClN2O2S. The molecule has 2 atom stereocenters. The molecule has 0 spiro atoms. The van der Waals surface area contributed by atoms with Crippen molar-refractivity contribution >= 4 is 19.7 Å². The van der Waals surface area contributed by atoms with Crippen LogP contribution in [0.25, 0.3) is 0 Å². The van der Waals surface area contributed by atoms with Gasteiger partial charge in [-0.2, -0.15) is 0 Å². The Labute approximate surface area is 150 Å². The first-order chi connectivity index (χ1) is 11.4. The fourth-order valence-electron chi connectivity index (χ4n) is 4.20. The molecule has 4 nitrogen and oxygen atoms in total. The summed E-state index contributed by atoms with van der Waals surface area (Å²) >= 11 is 0. The van der Waals surface area contributed by atoms with Crippen LogP contribution in [0.15, 0.2) is 24.3 Å². The van der Waals surface area contributed by atoms with Crippen molar-refractivity contribution in [1.82, 2.24) is 4.90 Å². The molecule has 0 unspecified atom stereocenters. The highest BCUT2D eigenvalue weighted by atomic mass is 35.7. The molecule has 0 amide bonds. The lowest BCUT2D eigenvalue weighted by Crippen LogP contribution is -2.53. The largest absolute Gasteiger partial charge is 0.330 e. The number of fused-ring (bicyclic) bond motifs is 1. The van der Waals surface area contributed by atoms with Gasteiger partial charge < -0.3 is 5.73 Å². The van der Waals surface area contributed by atoms with E-state index in [4.69, 9.17) is 16.4 Å². The van der Waals surface area contributed by atoms with E-state index in [9.17, 15) is 8.42 Å². The maximum atomic E-state index is 11.6. The Morgan fingerprint density at radius 2 is 1.88 bits per heavy atom. The van der Waals surface area contributed by atoms with Crippen LogP contribution in [0.2, 0.25) is 0 Å². The molecule has 2 N–H and O–H groups in total. The molecule has 1 aromatic rings. The van der Waals surface area contributed by atoms with E-state index in [-0.39, 0.29) is 17.2 Å². The molecule has 0 fully saturated rings. The lowest BCUT2D eigenvalue weighted by Gasteiger charge is -2.42. The minimum atomic E-state index is -3.54. The first-order valence-corrected chi connectivity index (χ1v) is 11.3. The number of hydrogen-bond donors (Lipinski definition) is 1. The number of rotatable bonds is 9. The van der Waals surface area contributed by atoms with E-state index in [1.807, 2.05) is 12.1 Å². The maximum absolute atomic E-state index is 11.6. The second-order valence-electron chi connectivity index (χ2n) is 6.77. The van der Waals surface area contributed by atoms with Crippen molar-refractivity contribution in [1.29, 1.82) is 0 Å².